The van der Waals surface area contributed by atoms with Gasteiger partial charge in [-0.1, -0.05) is 29.8 Å². The van der Waals surface area contributed by atoms with Gasteiger partial charge in [-0.2, -0.15) is 0 Å². The normalized spacial score (nSPS) is 11.9. The van der Waals surface area contributed by atoms with Gasteiger partial charge in [0, 0.05) is 16.7 Å². The molecule has 0 aliphatic carbocycles. The number of carbonyl (C=O) groups excluding carboxylic acids is 1. The van der Waals surface area contributed by atoms with Crippen LogP contribution >= 0.6 is 27.5 Å². The summed E-state index contributed by atoms with van der Waals surface area (Å²) >= 11 is 9.65. The first-order valence-corrected chi connectivity index (χ1v) is 10.0. The van der Waals surface area contributed by atoms with Gasteiger partial charge in [-0.05, 0) is 59.6 Å². The predicted molar refractivity (Wildman–Crippen MR) is 115 cm³/mol. The number of carboxylic acid groups (broad SMARTS) is 1. The van der Waals surface area contributed by atoms with E-state index in [0.717, 1.165) is 5.56 Å². The van der Waals surface area contributed by atoms with Crippen LogP contribution in [0.5, 0.6) is 11.5 Å². The van der Waals surface area contributed by atoms with Crippen LogP contribution in [-0.4, -0.2) is 29.6 Å². The molecule has 0 aromatic heterocycles. The number of amides is 1. The second kappa shape index (κ2) is 10.9. The highest BCUT2D eigenvalue weighted by Crippen LogP contribution is 2.38. The first kappa shape index (κ1) is 22.8. The molecule has 0 aliphatic heterocycles. The van der Waals surface area contributed by atoms with E-state index in [1.54, 1.807) is 24.3 Å². The Morgan fingerprint density at radius 2 is 2.00 bits per heavy atom. The summed E-state index contributed by atoms with van der Waals surface area (Å²) in [5.41, 5.74) is 1.53. The lowest BCUT2D eigenvalue weighted by Crippen LogP contribution is -2.37. The van der Waals surface area contributed by atoms with Gasteiger partial charge in [-0.15, -0.1) is 0 Å². The molecule has 6 nitrogen and oxygen atoms in total. The maximum Gasteiger partial charge on any atom is 0.325 e. The fourth-order valence-electron chi connectivity index (χ4n) is 2.35. The minimum Gasteiger partial charge on any atom is -0.490 e. The topological polar surface area (TPSA) is 84.9 Å². The predicted octanol–water partition coefficient (Wildman–Crippen LogP) is 4.68. The average Bonchev–Trinajstić information content (AvgIpc) is 2.67. The van der Waals surface area contributed by atoms with Gasteiger partial charge < -0.3 is 19.9 Å². The molecule has 2 rings (SSSR count). The van der Waals surface area contributed by atoms with E-state index < -0.39 is 17.9 Å². The van der Waals surface area contributed by atoms with Crippen molar-refractivity contribution in [2.24, 2.45) is 0 Å². The highest BCUT2D eigenvalue weighted by atomic mass is 79.9. The van der Waals surface area contributed by atoms with E-state index in [2.05, 4.69) is 21.2 Å². The van der Waals surface area contributed by atoms with Crippen molar-refractivity contribution in [1.82, 2.24) is 5.32 Å². The zero-order valence-corrected chi connectivity index (χ0v) is 18.3. The summed E-state index contributed by atoms with van der Waals surface area (Å²) in [6, 6.07) is 9.94. The van der Waals surface area contributed by atoms with Gasteiger partial charge in [0.2, 0.25) is 5.91 Å². The van der Waals surface area contributed by atoms with Gasteiger partial charge in [0.05, 0.1) is 11.1 Å². The first-order valence-electron chi connectivity index (χ1n) is 8.85. The zero-order chi connectivity index (χ0) is 21.4. The summed E-state index contributed by atoms with van der Waals surface area (Å²) in [4.78, 5) is 22.7. The van der Waals surface area contributed by atoms with Gasteiger partial charge in [-0.3, -0.25) is 9.59 Å². The summed E-state index contributed by atoms with van der Waals surface area (Å²) in [6.07, 6.45) is 2.83. The van der Waals surface area contributed by atoms with Crippen LogP contribution in [0, 0.1) is 0 Å². The third-order valence-electron chi connectivity index (χ3n) is 3.82. The second-order valence-electron chi connectivity index (χ2n) is 6.04. The SMILES string of the molecule is CCOc1cc(/C=C/C(=O)N[C@@H](C)C(=O)O)cc(Br)c1OCc1ccccc1Cl. The molecule has 2 N–H and O–H groups in total. The molecule has 1 amide bonds. The van der Waals surface area contributed by atoms with Crippen molar-refractivity contribution >= 4 is 45.5 Å². The Morgan fingerprint density at radius 3 is 2.66 bits per heavy atom. The lowest BCUT2D eigenvalue weighted by atomic mass is 10.1. The highest BCUT2D eigenvalue weighted by molar-refractivity contribution is 9.10. The van der Waals surface area contributed by atoms with Gasteiger partial charge in [0.1, 0.15) is 12.6 Å². The van der Waals surface area contributed by atoms with Crippen LogP contribution in [0.2, 0.25) is 5.02 Å². The molecule has 2 aromatic rings. The molecule has 0 spiro atoms. The molecule has 0 aliphatic rings. The van der Waals surface area contributed by atoms with Crippen LogP contribution in [0.1, 0.15) is 25.0 Å². The monoisotopic (exact) mass is 481 g/mol. The van der Waals surface area contributed by atoms with Crippen molar-refractivity contribution < 1.29 is 24.2 Å². The van der Waals surface area contributed by atoms with Crippen molar-refractivity contribution in [3.8, 4) is 11.5 Å². The van der Waals surface area contributed by atoms with E-state index in [9.17, 15) is 9.59 Å². The Labute approximate surface area is 182 Å². The minimum absolute atomic E-state index is 0.267. The quantitative estimate of drug-likeness (QED) is 0.507. The van der Waals surface area contributed by atoms with Crippen LogP contribution in [0.3, 0.4) is 0 Å². The molecule has 0 saturated carbocycles. The van der Waals surface area contributed by atoms with Gasteiger partial charge in [0.15, 0.2) is 11.5 Å². The number of rotatable bonds is 9. The molecule has 154 valence electrons. The molecule has 8 heteroatoms. The van der Waals surface area contributed by atoms with E-state index in [1.165, 1.54) is 13.0 Å². The number of halogens is 2. The fourth-order valence-corrected chi connectivity index (χ4v) is 3.11. The first-order chi connectivity index (χ1) is 13.8. The van der Waals surface area contributed by atoms with Crippen LogP contribution in [0.15, 0.2) is 46.9 Å². The fraction of sp³-hybridized carbons (Fsp3) is 0.238. The third-order valence-corrected chi connectivity index (χ3v) is 4.78. The summed E-state index contributed by atoms with van der Waals surface area (Å²) in [5.74, 6) is -0.582. The highest BCUT2D eigenvalue weighted by Gasteiger charge is 2.14. The number of carbonyl (C=O) groups is 2. The summed E-state index contributed by atoms with van der Waals surface area (Å²) in [7, 11) is 0. The molecule has 0 fully saturated rings. The molecular weight excluding hydrogens is 462 g/mol. The molecule has 0 saturated heterocycles. The summed E-state index contributed by atoms with van der Waals surface area (Å²) in [5, 5.41) is 11.8. The number of hydrogen-bond acceptors (Lipinski definition) is 4. The largest absolute Gasteiger partial charge is 0.490 e. The summed E-state index contributed by atoms with van der Waals surface area (Å²) in [6.45, 7) is 3.94. The second-order valence-corrected chi connectivity index (χ2v) is 7.31. The van der Waals surface area contributed by atoms with E-state index in [0.29, 0.717) is 33.2 Å². The standard InChI is InChI=1S/C21H21BrClNO5/c1-3-28-18-11-14(8-9-19(25)24-13(2)21(26)27)10-16(22)20(18)29-12-15-6-4-5-7-17(15)23/h4-11,13H,3,12H2,1-2H3,(H,24,25)(H,26,27)/b9-8+/t13-/m0/s1. The van der Waals surface area contributed by atoms with E-state index in [1.807, 2.05) is 25.1 Å². The molecular formula is C21H21BrClNO5. The van der Waals surface area contributed by atoms with Crippen LogP contribution in [0.4, 0.5) is 0 Å². The number of hydrogen-bond donors (Lipinski definition) is 2. The number of aliphatic carboxylic acids is 1. The zero-order valence-electron chi connectivity index (χ0n) is 15.9. The van der Waals surface area contributed by atoms with E-state index >= 15 is 0 Å². The lowest BCUT2D eigenvalue weighted by Gasteiger charge is -2.15. The van der Waals surface area contributed by atoms with Crippen LogP contribution in [0.25, 0.3) is 6.08 Å². The Bertz CT molecular complexity index is 916. The number of benzene rings is 2. The molecule has 1 atom stereocenters. The van der Waals surface area contributed by atoms with E-state index in [-0.39, 0.29) is 6.61 Å². The van der Waals surface area contributed by atoms with Gasteiger partial charge >= 0.3 is 5.97 Å². The number of ether oxygens (including phenoxy) is 2. The van der Waals surface area contributed by atoms with Gasteiger partial charge in [-0.25, -0.2) is 0 Å². The van der Waals surface area contributed by atoms with Crippen molar-refractivity contribution in [3.63, 3.8) is 0 Å². The van der Waals surface area contributed by atoms with Crippen LogP contribution in [-0.2, 0) is 16.2 Å². The number of nitrogens with one attached hydrogen (secondary N) is 1. The van der Waals surface area contributed by atoms with Crippen molar-refractivity contribution in [3.05, 3.63) is 63.1 Å². The molecule has 29 heavy (non-hydrogen) atoms. The van der Waals surface area contributed by atoms with Crippen LogP contribution < -0.4 is 14.8 Å². The van der Waals surface area contributed by atoms with E-state index in [4.69, 9.17) is 26.2 Å². The van der Waals surface area contributed by atoms with Crippen molar-refractivity contribution in [1.29, 1.82) is 0 Å². The van der Waals surface area contributed by atoms with Gasteiger partial charge in [0.25, 0.3) is 0 Å². The molecule has 0 unspecified atom stereocenters. The van der Waals surface area contributed by atoms with Crippen molar-refractivity contribution in [2.75, 3.05) is 6.61 Å². The van der Waals surface area contributed by atoms with Crippen molar-refractivity contribution in [2.45, 2.75) is 26.5 Å². The Morgan fingerprint density at radius 1 is 1.28 bits per heavy atom. The third kappa shape index (κ3) is 6.80. The average molecular weight is 483 g/mol. The Balaban J connectivity index is 2.18. The smallest absolute Gasteiger partial charge is 0.325 e. The molecule has 0 heterocycles. The maximum absolute atomic E-state index is 11.8. The lowest BCUT2D eigenvalue weighted by molar-refractivity contribution is -0.140. The minimum atomic E-state index is -1.10. The molecule has 0 bridgehead atoms. The maximum atomic E-state index is 11.8. The molecule has 2 aromatic carbocycles. The molecule has 0 radical (unpaired) electrons. The number of carboxylic acids is 1. The Hall–Kier alpha value is -2.51. The Kier molecular flexibility index (Phi) is 8.54. The summed E-state index contributed by atoms with van der Waals surface area (Å²) < 4.78 is 12.2.